The summed E-state index contributed by atoms with van der Waals surface area (Å²) >= 11 is 0. The first kappa shape index (κ1) is 12.9. The largest absolute Gasteiger partial charge is 0.465 e. The van der Waals surface area contributed by atoms with Crippen LogP contribution in [-0.4, -0.2) is 46.1 Å². The molecule has 0 fully saturated rings. The highest BCUT2D eigenvalue weighted by Crippen LogP contribution is 1.92. The van der Waals surface area contributed by atoms with Gasteiger partial charge in [0.2, 0.25) is 11.9 Å². The number of aromatic nitrogens is 2. The first-order chi connectivity index (χ1) is 6.93. The molecule has 0 aliphatic carbocycles. The number of aromatic amines is 1. The standard InChI is InChI=1S/C4H5N3O2.C4H9NO/c8-4(9)7-3-5-1-2-6-3;1-4(6)5(2)3/h1-2H,(H,8,9)(H2,5,6,7);1-3H3. The van der Waals surface area contributed by atoms with E-state index < -0.39 is 6.09 Å². The van der Waals surface area contributed by atoms with Crippen LogP contribution >= 0.6 is 0 Å². The monoisotopic (exact) mass is 214 g/mol. The van der Waals surface area contributed by atoms with Gasteiger partial charge in [-0.1, -0.05) is 0 Å². The molecule has 0 saturated carbocycles. The fourth-order valence-electron chi connectivity index (χ4n) is 0.435. The molecular weight excluding hydrogens is 200 g/mol. The number of rotatable bonds is 1. The van der Waals surface area contributed by atoms with Gasteiger partial charge in [0.25, 0.3) is 0 Å². The van der Waals surface area contributed by atoms with Crippen LogP contribution in [-0.2, 0) is 4.79 Å². The lowest BCUT2D eigenvalue weighted by Gasteiger charge is -2.02. The molecule has 15 heavy (non-hydrogen) atoms. The molecule has 1 heterocycles. The predicted octanol–water partition coefficient (Wildman–Crippen LogP) is 0.594. The Morgan fingerprint density at radius 1 is 1.53 bits per heavy atom. The molecule has 0 unspecified atom stereocenters. The third-order valence-corrected chi connectivity index (χ3v) is 1.35. The number of amides is 2. The minimum atomic E-state index is -1.12. The minimum Gasteiger partial charge on any atom is -0.465 e. The van der Waals surface area contributed by atoms with Gasteiger partial charge < -0.3 is 15.0 Å². The van der Waals surface area contributed by atoms with Crippen molar-refractivity contribution in [1.82, 2.24) is 14.9 Å². The molecule has 7 heteroatoms. The van der Waals surface area contributed by atoms with E-state index in [2.05, 4.69) is 9.97 Å². The number of H-pyrrole nitrogens is 1. The Balaban J connectivity index is 0.000000288. The van der Waals surface area contributed by atoms with E-state index in [1.807, 2.05) is 5.32 Å². The molecule has 84 valence electrons. The highest BCUT2D eigenvalue weighted by Gasteiger charge is 1.95. The van der Waals surface area contributed by atoms with Gasteiger partial charge in [-0.05, 0) is 0 Å². The van der Waals surface area contributed by atoms with Gasteiger partial charge in [-0.2, -0.15) is 0 Å². The zero-order chi connectivity index (χ0) is 11.8. The van der Waals surface area contributed by atoms with E-state index in [1.54, 1.807) is 14.1 Å². The van der Waals surface area contributed by atoms with E-state index in [0.717, 1.165) is 0 Å². The summed E-state index contributed by atoms with van der Waals surface area (Å²) in [6.07, 6.45) is 1.88. The molecule has 0 aliphatic heterocycles. The van der Waals surface area contributed by atoms with Crippen LogP contribution in [0.4, 0.5) is 10.7 Å². The van der Waals surface area contributed by atoms with Crippen molar-refractivity contribution >= 4 is 17.9 Å². The number of carboxylic acid groups (broad SMARTS) is 1. The van der Waals surface area contributed by atoms with Crippen molar-refractivity contribution in [3.05, 3.63) is 12.4 Å². The summed E-state index contributed by atoms with van der Waals surface area (Å²) in [5.41, 5.74) is 0. The van der Waals surface area contributed by atoms with Crippen molar-refractivity contribution < 1.29 is 14.7 Å². The summed E-state index contributed by atoms with van der Waals surface area (Å²) in [6.45, 7) is 1.53. The van der Waals surface area contributed by atoms with Gasteiger partial charge in [0, 0.05) is 33.4 Å². The third-order valence-electron chi connectivity index (χ3n) is 1.35. The Hall–Kier alpha value is -2.05. The molecule has 0 aromatic carbocycles. The Bertz CT molecular complexity index is 308. The number of nitrogens with zero attached hydrogens (tertiary/aromatic N) is 2. The summed E-state index contributed by atoms with van der Waals surface area (Å²) < 4.78 is 0. The van der Waals surface area contributed by atoms with Crippen LogP contribution in [0.15, 0.2) is 12.4 Å². The second-order valence-corrected chi connectivity index (χ2v) is 2.78. The second kappa shape index (κ2) is 6.41. The smallest absolute Gasteiger partial charge is 0.411 e. The zero-order valence-electron chi connectivity index (χ0n) is 8.81. The highest BCUT2D eigenvalue weighted by molar-refractivity contribution is 5.80. The maximum Gasteiger partial charge on any atom is 0.411 e. The Morgan fingerprint density at radius 2 is 2.07 bits per heavy atom. The Labute approximate surface area is 87.1 Å². The number of imidazole rings is 1. The minimum absolute atomic E-state index is 0.0926. The normalized spacial score (nSPS) is 8.47. The molecule has 0 atom stereocenters. The molecule has 2 amide bonds. The van der Waals surface area contributed by atoms with Crippen molar-refractivity contribution in [3.63, 3.8) is 0 Å². The predicted molar refractivity (Wildman–Crippen MR) is 54.6 cm³/mol. The lowest BCUT2D eigenvalue weighted by molar-refractivity contribution is -0.126. The zero-order valence-corrected chi connectivity index (χ0v) is 8.81. The summed E-state index contributed by atoms with van der Waals surface area (Å²) in [6, 6.07) is 0. The van der Waals surface area contributed by atoms with Gasteiger partial charge in [-0.25, -0.2) is 9.78 Å². The number of hydrogen-bond acceptors (Lipinski definition) is 3. The lowest BCUT2D eigenvalue weighted by Crippen LogP contribution is -2.17. The van der Waals surface area contributed by atoms with Crippen LogP contribution in [0.3, 0.4) is 0 Å². The van der Waals surface area contributed by atoms with Crippen molar-refractivity contribution in [1.29, 1.82) is 0 Å². The van der Waals surface area contributed by atoms with Gasteiger partial charge in [-0.3, -0.25) is 10.1 Å². The van der Waals surface area contributed by atoms with Crippen molar-refractivity contribution in [2.75, 3.05) is 19.4 Å². The SMILES string of the molecule is CC(=O)N(C)C.O=C(O)Nc1ncc[nH]1. The molecule has 3 N–H and O–H groups in total. The molecule has 0 bridgehead atoms. The van der Waals surface area contributed by atoms with Crippen molar-refractivity contribution in [2.24, 2.45) is 0 Å². The van der Waals surface area contributed by atoms with Gasteiger partial charge in [-0.15, -0.1) is 0 Å². The maximum atomic E-state index is 10.1. The maximum absolute atomic E-state index is 10.1. The molecule has 0 radical (unpaired) electrons. The van der Waals surface area contributed by atoms with Gasteiger partial charge in [0.1, 0.15) is 0 Å². The number of hydrogen-bond donors (Lipinski definition) is 3. The number of nitrogens with one attached hydrogen (secondary N) is 2. The molecule has 1 rings (SSSR count). The first-order valence-corrected chi connectivity index (χ1v) is 4.10. The van der Waals surface area contributed by atoms with Gasteiger partial charge >= 0.3 is 6.09 Å². The number of carbonyl (C=O) groups is 2. The van der Waals surface area contributed by atoms with Crippen LogP contribution in [0.5, 0.6) is 0 Å². The van der Waals surface area contributed by atoms with Crippen LogP contribution in [0.1, 0.15) is 6.92 Å². The molecule has 0 saturated heterocycles. The van der Waals surface area contributed by atoms with Gasteiger partial charge in [0.05, 0.1) is 0 Å². The average molecular weight is 214 g/mol. The molecule has 1 aromatic rings. The Morgan fingerprint density at radius 3 is 2.33 bits per heavy atom. The van der Waals surface area contributed by atoms with E-state index >= 15 is 0 Å². The lowest BCUT2D eigenvalue weighted by atomic mass is 10.7. The fraction of sp³-hybridized carbons (Fsp3) is 0.375. The molecule has 1 aromatic heterocycles. The van der Waals surface area contributed by atoms with E-state index in [4.69, 9.17) is 5.11 Å². The summed E-state index contributed by atoms with van der Waals surface area (Å²) in [5.74, 6) is 0.331. The van der Waals surface area contributed by atoms with Crippen molar-refractivity contribution in [3.8, 4) is 0 Å². The van der Waals surface area contributed by atoms with E-state index in [9.17, 15) is 9.59 Å². The molecule has 0 aliphatic rings. The fourth-order valence-corrected chi connectivity index (χ4v) is 0.435. The third kappa shape index (κ3) is 7.05. The van der Waals surface area contributed by atoms with Crippen molar-refractivity contribution in [2.45, 2.75) is 6.92 Å². The number of anilines is 1. The first-order valence-electron chi connectivity index (χ1n) is 4.10. The second-order valence-electron chi connectivity index (χ2n) is 2.78. The van der Waals surface area contributed by atoms with E-state index in [0.29, 0.717) is 0 Å². The topological polar surface area (TPSA) is 98.3 Å². The van der Waals surface area contributed by atoms with Crippen LogP contribution in [0.25, 0.3) is 0 Å². The highest BCUT2D eigenvalue weighted by atomic mass is 16.4. The van der Waals surface area contributed by atoms with Gasteiger partial charge in [0.15, 0.2) is 0 Å². The average Bonchev–Trinajstić information content (AvgIpc) is 2.56. The number of carbonyl (C=O) groups excluding carboxylic acids is 1. The molecular formula is C8H14N4O3. The van der Waals surface area contributed by atoms with Crippen LogP contribution in [0, 0.1) is 0 Å². The summed E-state index contributed by atoms with van der Waals surface area (Å²) in [4.78, 5) is 27.7. The van der Waals surface area contributed by atoms with Crippen LogP contribution in [0.2, 0.25) is 0 Å². The van der Waals surface area contributed by atoms with E-state index in [1.165, 1.54) is 24.2 Å². The Kier molecular flexibility index (Phi) is 5.53. The van der Waals surface area contributed by atoms with Crippen LogP contribution < -0.4 is 5.32 Å². The molecule has 7 nitrogen and oxygen atoms in total. The molecule has 0 spiro atoms. The quantitative estimate of drug-likeness (QED) is 0.637. The summed E-state index contributed by atoms with van der Waals surface area (Å²) in [5, 5.41) is 10.1. The van der Waals surface area contributed by atoms with E-state index in [-0.39, 0.29) is 11.9 Å². The summed E-state index contributed by atoms with van der Waals surface area (Å²) in [7, 11) is 3.45.